The van der Waals surface area contributed by atoms with Crippen LogP contribution >= 0.6 is 0 Å². The van der Waals surface area contributed by atoms with Crippen molar-refractivity contribution >= 4 is 5.78 Å². The lowest BCUT2D eigenvalue weighted by atomic mass is 9.94. The highest BCUT2D eigenvalue weighted by molar-refractivity contribution is 5.85. The predicted molar refractivity (Wildman–Crippen MR) is 86.0 cm³/mol. The summed E-state index contributed by atoms with van der Waals surface area (Å²) in [5.74, 6) is 8.01. The lowest BCUT2D eigenvalue weighted by Gasteiger charge is -2.11. The summed E-state index contributed by atoms with van der Waals surface area (Å²) in [6.45, 7) is 0. The van der Waals surface area contributed by atoms with Crippen LogP contribution in [0.5, 0.6) is 0 Å². The Bertz CT molecular complexity index is 800. The number of carbonyl (C=O) groups is 1. The fraction of sp³-hybridized carbons (Fsp3) is 0.150. The summed E-state index contributed by atoms with van der Waals surface area (Å²) >= 11 is 0. The van der Waals surface area contributed by atoms with Gasteiger partial charge in [0.2, 0.25) is 5.78 Å². The predicted octanol–water partition coefficient (Wildman–Crippen LogP) is 4.35. The number of Topliss-reactive ketones (excluding diaryl/α,β-unsaturated/α-hetero) is 1. The van der Waals surface area contributed by atoms with Crippen LogP contribution in [-0.4, -0.2) is 12.0 Å². The van der Waals surface area contributed by atoms with Crippen LogP contribution in [0.1, 0.15) is 23.5 Å². The van der Waals surface area contributed by atoms with Gasteiger partial charge in [-0.2, -0.15) is 13.2 Å². The highest BCUT2D eigenvalue weighted by atomic mass is 19.4. The molecule has 0 aliphatic carbocycles. The second kappa shape index (κ2) is 8.04. The van der Waals surface area contributed by atoms with E-state index in [1.54, 1.807) is 42.5 Å². The molecule has 4 heteroatoms. The average molecular weight is 326 g/mol. The van der Waals surface area contributed by atoms with Crippen LogP contribution in [0.3, 0.4) is 0 Å². The molecule has 1 atom stereocenters. The van der Waals surface area contributed by atoms with Gasteiger partial charge in [-0.1, -0.05) is 60.4 Å². The van der Waals surface area contributed by atoms with Gasteiger partial charge in [0, 0.05) is 12.0 Å². The fourth-order valence-corrected chi connectivity index (χ4v) is 1.99. The van der Waals surface area contributed by atoms with E-state index in [1.807, 2.05) is 18.2 Å². The van der Waals surface area contributed by atoms with Crippen LogP contribution in [-0.2, 0) is 4.79 Å². The summed E-state index contributed by atoms with van der Waals surface area (Å²) in [5, 5.41) is 0. The zero-order valence-electron chi connectivity index (χ0n) is 12.6. The molecule has 2 aromatic rings. The fourth-order valence-electron chi connectivity index (χ4n) is 1.99. The molecule has 0 saturated heterocycles. The molecule has 0 N–H and O–H groups in total. The van der Waals surface area contributed by atoms with Crippen molar-refractivity contribution in [2.45, 2.75) is 18.5 Å². The Kier molecular flexibility index (Phi) is 5.82. The normalized spacial score (nSPS) is 11.5. The second-order valence-electron chi connectivity index (χ2n) is 4.97. The summed E-state index contributed by atoms with van der Waals surface area (Å²) < 4.78 is 37.5. The molecular weight excluding hydrogens is 313 g/mol. The molecule has 0 radical (unpaired) electrons. The Labute approximate surface area is 138 Å². The van der Waals surface area contributed by atoms with Gasteiger partial charge in [-0.15, -0.1) is 0 Å². The minimum Gasteiger partial charge on any atom is -0.290 e. The molecule has 0 saturated carbocycles. The molecule has 24 heavy (non-hydrogen) atoms. The van der Waals surface area contributed by atoms with Gasteiger partial charge < -0.3 is 0 Å². The van der Waals surface area contributed by atoms with Crippen molar-refractivity contribution in [2.75, 3.05) is 0 Å². The van der Waals surface area contributed by atoms with Crippen molar-refractivity contribution in [2.24, 2.45) is 0 Å². The van der Waals surface area contributed by atoms with Crippen molar-refractivity contribution in [1.29, 1.82) is 0 Å². The average Bonchev–Trinajstić information content (AvgIpc) is 2.58. The SMILES string of the molecule is O=C(C[C@@H](C#CC#Cc1ccccc1)c1ccccc1)C(F)(F)F. The third-order valence-corrected chi connectivity index (χ3v) is 3.20. The van der Waals surface area contributed by atoms with E-state index in [0.717, 1.165) is 5.56 Å². The Morgan fingerprint density at radius 2 is 1.50 bits per heavy atom. The number of hydrogen-bond donors (Lipinski definition) is 0. The van der Waals surface area contributed by atoms with Gasteiger partial charge >= 0.3 is 6.18 Å². The maximum Gasteiger partial charge on any atom is 0.450 e. The number of hydrogen-bond acceptors (Lipinski definition) is 1. The summed E-state index contributed by atoms with van der Waals surface area (Å²) in [5.41, 5.74) is 1.32. The first-order valence-electron chi connectivity index (χ1n) is 7.18. The molecule has 0 aromatic heterocycles. The van der Waals surface area contributed by atoms with Gasteiger partial charge in [0.05, 0.1) is 5.92 Å². The minimum atomic E-state index is -4.86. The number of benzene rings is 2. The molecule has 0 fully saturated rings. The van der Waals surface area contributed by atoms with Gasteiger partial charge in [-0.05, 0) is 29.5 Å². The zero-order valence-corrected chi connectivity index (χ0v) is 12.6. The van der Waals surface area contributed by atoms with Crippen molar-refractivity contribution in [3.63, 3.8) is 0 Å². The first-order valence-corrected chi connectivity index (χ1v) is 7.18. The molecular formula is C20H13F3O. The van der Waals surface area contributed by atoms with Crippen LogP contribution < -0.4 is 0 Å². The lowest BCUT2D eigenvalue weighted by Crippen LogP contribution is -2.24. The number of alkyl halides is 3. The summed E-state index contributed by atoms with van der Waals surface area (Å²) in [7, 11) is 0. The highest BCUT2D eigenvalue weighted by Crippen LogP contribution is 2.25. The van der Waals surface area contributed by atoms with E-state index < -0.39 is 24.3 Å². The van der Waals surface area contributed by atoms with Gasteiger partial charge in [-0.3, -0.25) is 4.79 Å². The van der Waals surface area contributed by atoms with Crippen LogP contribution in [0.25, 0.3) is 0 Å². The third kappa shape index (κ3) is 5.34. The number of carbonyl (C=O) groups excluding carboxylic acids is 1. The molecule has 0 unspecified atom stereocenters. The summed E-state index contributed by atoms with van der Waals surface area (Å²) in [6.07, 6.45) is -5.57. The topological polar surface area (TPSA) is 17.1 Å². The molecule has 0 spiro atoms. The van der Waals surface area contributed by atoms with Crippen molar-refractivity contribution < 1.29 is 18.0 Å². The second-order valence-corrected chi connectivity index (χ2v) is 4.97. The van der Waals surface area contributed by atoms with E-state index in [9.17, 15) is 18.0 Å². The van der Waals surface area contributed by atoms with E-state index in [-0.39, 0.29) is 0 Å². The first kappa shape index (κ1) is 17.4. The maximum atomic E-state index is 12.5. The molecule has 1 nitrogen and oxygen atoms in total. The standard InChI is InChI=1S/C20H13F3O/c21-20(22,23)19(24)15-18(17-12-5-2-6-13-17)14-8-7-11-16-9-3-1-4-10-16/h1-6,9-10,12-13,18H,15H2/t18-/m1/s1. The monoisotopic (exact) mass is 326 g/mol. The van der Waals surface area contributed by atoms with Gasteiger partial charge in [0.25, 0.3) is 0 Å². The smallest absolute Gasteiger partial charge is 0.290 e. The molecule has 2 rings (SSSR count). The maximum absolute atomic E-state index is 12.5. The molecule has 0 bridgehead atoms. The molecule has 120 valence electrons. The van der Waals surface area contributed by atoms with Crippen LogP contribution in [0.2, 0.25) is 0 Å². The summed E-state index contributed by atoms with van der Waals surface area (Å²) in [6, 6.07) is 17.5. The van der Waals surface area contributed by atoms with Crippen LogP contribution in [0.15, 0.2) is 60.7 Å². The first-order chi connectivity index (χ1) is 11.5. The molecule has 0 aliphatic rings. The third-order valence-electron chi connectivity index (χ3n) is 3.20. The molecule has 2 aromatic carbocycles. The largest absolute Gasteiger partial charge is 0.450 e. The van der Waals surface area contributed by atoms with Gasteiger partial charge in [0.1, 0.15) is 0 Å². The Morgan fingerprint density at radius 3 is 2.08 bits per heavy atom. The zero-order chi connectivity index (χ0) is 17.4. The molecule has 0 amide bonds. The van der Waals surface area contributed by atoms with Gasteiger partial charge in [0.15, 0.2) is 0 Å². The quantitative estimate of drug-likeness (QED) is 0.767. The minimum absolute atomic E-state index is 0.559. The Hall–Kier alpha value is -2.98. The number of halogens is 3. The Balaban J connectivity index is 2.20. The van der Waals surface area contributed by atoms with Crippen molar-refractivity contribution in [3.05, 3.63) is 71.8 Å². The summed E-state index contributed by atoms with van der Waals surface area (Å²) in [4.78, 5) is 11.3. The lowest BCUT2D eigenvalue weighted by molar-refractivity contribution is -0.171. The van der Waals surface area contributed by atoms with Crippen molar-refractivity contribution in [3.8, 4) is 23.7 Å². The van der Waals surface area contributed by atoms with Crippen LogP contribution in [0, 0.1) is 23.7 Å². The van der Waals surface area contributed by atoms with Crippen LogP contribution in [0.4, 0.5) is 13.2 Å². The van der Waals surface area contributed by atoms with Crippen molar-refractivity contribution in [1.82, 2.24) is 0 Å². The molecule has 0 heterocycles. The van der Waals surface area contributed by atoms with Gasteiger partial charge in [-0.25, -0.2) is 0 Å². The number of ketones is 1. The van der Waals surface area contributed by atoms with E-state index >= 15 is 0 Å². The van der Waals surface area contributed by atoms with E-state index in [2.05, 4.69) is 23.7 Å². The highest BCUT2D eigenvalue weighted by Gasteiger charge is 2.39. The number of rotatable bonds is 3. The Morgan fingerprint density at radius 1 is 0.917 bits per heavy atom. The van der Waals surface area contributed by atoms with E-state index in [1.165, 1.54) is 0 Å². The molecule has 0 aliphatic heterocycles. The van der Waals surface area contributed by atoms with E-state index in [4.69, 9.17) is 0 Å². The van der Waals surface area contributed by atoms with E-state index in [0.29, 0.717) is 5.56 Å².